The third-order valence-electron chi connectivity index (χ3n) is 2.25. The zero-order valence-corrected chi connectivity index (χ0v) is 8.94. The Bertz CT molecular complexity index is 66.9. The van der Waals surface area contributed by atoms with E-state index in [9.17, 15) is 5.11 Å². The first kappa shape index (κ1) is 11.0. The van der Waals surface area contributed by atoms with Crippen LogP contribution in [0.5, 0.6) is 0 Å². The molecule has 0 aromatic carbocycles. The van der Waals surface area contributed by atoms with Crippen LogP contribution in [0.25, 0.3) is 0 Å². The van der Waals surface area contributed by atoms with Crippen LogP contribution in [0, 0.1) is 5.92 Å². The van der Waals surface area contributed by atoms with E-state index in [-0.39, 0.29) is 36.2 Å². The van der Waals surface area contributed by atoms with Crippen molar-refractivity contribution in [2.24, 2.45) is 5.92 Å². The van der Waals surface area contributed by atoms with Crippen LogP contribution in [0.3, 0.4) is 0 Å². The summed E-state index contributed by atoms with van der Waals surface area (Å²) in [5.74, 6) is 0.788. The molecule has 0 radical (unpaired) electrons. The van der Waals surface area contributed by atoms with Gasteiger partial charge >= 0.3 is 29.6 Å². The number of rotatable bonds is 2. The standard InChI is InChI=1S/C8H15O.Na/c9-7-6-8-4-2-1-3-5-8;/h8H,1-7H2;/q-1;+1. The Morgan fingerprint density at radius 3 is 2.20 bits per heavy atom. The van der Waals surface area contributed by atoms with Crippen molar-refractivity contribution in [3.05, 3.63) is 0 Å². The molecule has 1 aliphatic rings. The second kappa shape index (κ2) is 6.66. The van der Waals surface area contributed by atoms with Gasteiger partial charge in [-0.15, -0.1) is 6.61 Å². The van der Waals surface area contributed by atoms with Crippen LogP contribution >= 0.6 is 0 Å². The molecule has 0 aromatic heterocycles. The van der Waals surface area contributed by atoms with E-state index in [1.165, 1.54) is 32.1 Å². The topological polar surface area (TPSA) is 23.1 Å². The van der Waals surface area contributed by atoms with E-state index < -0.39 is 0 Å². The van der Waals surface area contributed by atoms with Crippen LogP contribution < -0.4 is 34.7 Å². The molecule has 0 aliphatic heterocycles. The van der Waals surface area contributed by atoms with Crippen LogP contribution in [0.15, 0.2) is 0 Å². The zero-order chi connectivity index (χ0) is 6.53. The molecule has 0 unspecified atom stereocenters. The fraction of sp³-hybridized carbons (Fsp3) is 1.00. The Hall–Kier alpha value is 0.960. The monoisotopic (exact) mass is 150 g/mol. The van der Waals surface area contributed by atoms with E-state index in [1.807, 2.05) is 0 Å². The van der Waals surface area contributed by atoms with E-state index in [0.29, 0.717) is 0 Å². The molecule has 54 valence electrons. The zero-order valence-electron chi connectivity index (χ0n) is 6.94. The second-order valence-corrected chi connectivity index (χ2v) is 3.00. The summed E-state index contributed by atoms with van der Waals surface area (Å²) in [6.07, 6.45) is 7.70. The van der Waals surface area contributed by atoms with E-state index >= 15 is 0 Å². The molecular weight excluding hydrogens is 135 g/mol. The molecule has 10 heavy (non-hydrogen) atoms. The van der Waals surface area contributed by atoms with Crippen LogP contribution in [-0.4, -0.2) is 6.61 Å². The molecule has 0 N–H and O–H groups in total. The molecule has 0 bridgehead atoms. The molecule has 1 nitrogen and oxygen atoms in total. The average Bonchev–Trinajstić information content (AvgIpc) is 1.91. The van der Waals surface area contributed by atoms with Crippen LogP contribution in [0.2, 0.25) is 0 Å². The Morgan fingerprint density at radius 2 is 1.70 bits per heavy atom. The molecule has 0 heterocycles. The van der Waals surface area contributed by atoms with Gasteiger partial charge < -0.3 is 5.11 Å². The first-order chi connectivity index (χ1) is 4.43. The van der Waals surface area contributed by atoms with Crippen molar-refractivity contribution >= 4 is 0 Å². The largest absolute Gasteiger partial charge is 1.00 e. The quantitative estimate of drug-likeness (QED) is 0.431. The summed E-state index contributed by atoms with van der Waals surface area (Å²) in [5.41, 5.74) is 0. The van der Waals surface area contributed by atoms with E-state index in [2.05, 4.69) is 0 Å². The SMILES string of the molecule is [Na+].[O-]CCC1CCCCC1. The van der Waals surface area contributed by atoms with Crippen LogP contribution in [0.4, 0.5) is 0 Å². The summed E-state index contributed by atoms with van der Waals surface area (Å²) in [6, 6.07) is 0. The summed E-state index contributed by atoms with van der Waals surface area (Å²) < 4.78 is 0. The predicted octanol–water partition coefficient (Wildman–Crippen LogP) is -1.68. The van der Waals surface area contributed by atoms with Crippen molar-refractivity contribution in [2.75, 3.05) is 6.61 Å². The normalized spacial score (nSPS) is 20.1. The summed E-state index contributed by atoms with van der Waals surface area (Å²) in [7, 11) is 0. The van der Waals surface area contributed by atoms with Crippen LogP contribution in [0.1, 0.15) is 38.5 Å². The van der Waals surface area contributed by atoms with Gasteiger partial charge in [0.25, 0.3) is 0 Å². The van der Waals surface area contributed by atoms with E-state index in [1.54, 1.807) is 0 Å². The van der Waals surface area contributed by atoms with Gasteiger partial charge in [-0.1, -0.05) is 38.5 Å². The smallest absolute Gasteiger partial charge is 0.854 e. The molecule has 1 fully saturated rings. The molecule has 0 spiro atoms. The summed E-state index contributed by atoms with van der Waals surface area (Å²) in [4.78, 5) is 0. The van der Waals surface area contributed by atoms with Gasteiger partial charge in [0.1, 0.15) is 0 Å². The molecule has 1 saturated carbocycles. The average molecular weight is 150 g/mol. The van der Waals surface area contributed by atoms with Gasteiger partial charge in [0.2, 0.25) is 0 Å². The third-order valence-corrected chi connectivity index (χ3v) is 2.25. The summed E-state index contributed by atoms with van der Waals surface area (Å²) in [5, 5.41) is 10.2. The Labute approximate surface area is 85.5 Å². The van der Waals surface area contributed by atoms with Crippen molar-refractivity contribution < 1.29 is 34.7 Å². The van der Waals surface area contributed by atoms with Gasteiger partial charge in [-0.05, 0) is 5.92 Å². The minimum atomic E-state index is 0. The molecule has 0 atom stereocenters. The van der Waals surface area contributed by atoms with Crippen molar-refractivity contribution in [1.29, 1.82) is 0 Å². The summed E-state index contributed by atoms with van der Waals surface area (Å²) in [6.45, 7) is 0.144. The van der Waals surface area contributed by atoms with Crippen LogP contribution in [-0.2, 0) is 0 Å². The van der Waals surface area contributed by atoms with Crippen molar-refractivity contribution in [1.82, 2.24) is 0 Å². The molecule has 0 aromatic rings. The number of hydrogen-bond acceptors (Lipinski definition) is 1. The van der Waals surface area contributed by atoms with Gasteiger partial charge in [0, 0.05) is 0 Å². The first-order valence-corrected chi connectivity index (χ1v) is 4.01. The minimum Gasteiger partial charge on any atom is -0.854 e. The minimum absolute atomic E-state index is 0. The van der Waals surface area contributed by atoms with Gasteiger partial charge in [-0.2, -0.15) is 0 Å². The first-order valence-electron chi connectivity index (χ1n) is 4.01. The molecule has 1 aliphatic carbocycles. The van der Waals surface area contributed by atoms with E-state index in [0.717, 1.165) is 12.3 Å². The van der Waals surface area contributed by atoms with Gasteiger partial charge in [0.05, 0.1) is 0 Å². The van der Waals surface area contributed by atoms with Gasteiger partial charge in [-0.25, -0.2) is 0 Å². The fourth-order valence-corrected chi connectivity index (χ4v) is 1.64. The van der Waals surface area contributed by atoms with Crippen molar-refractivity contribution in [2.45, 2.75) is 38.5 Å². The molecule has 0 amide bonds. The number of hydrogen-bond donors (Lipinski definition) is 0. The maximum absolute atomic E-state index is 10.2. The molecule has 0 saturated heterocycles. The maximum atomic E-state index is 10.2. The predicted molar refractivity (Wildman–Crippen MR) is 36.1 cm³/mol. The molecule has 2 heteroatoms. The van der Waals surface area contributed by atoms with E-state index in [4.69, 9.17) is 0 Å². The Balaban J connectivity index is 0.000000810. The van der Waals surface area contributed by atoms with Gasteiger partial charge in [-0.3, -0.25) is 0 Å². The van der Waals surface area contributed by atoms with Gasteiger partial charge in [0.15, 0.2) is 0 Å². The fourth-order valence-electron chi connectivity index (χ4n) is 1.64. The molecular formula is C8H15NaO. The molecule has 1 rings (SSSR count). The Kier molecular flexibility index (Phi) is 7.30. The third kappa shape index (κ3) is 3.97. The van der Waals surface area contributed by atoms with Crippen molar-refractivity contribution in [3.8, 4) is 0 Å². The second-order valence-electron chi connectivity index (χ2n) is 3.00. The summed E-state index contributed by atoms with van der Waals surface area (Å²) >= 11 is 0. The maximum Gasteiger partial charge on any atom is 1.00 e. The van der Waals surface area contributed by atoms with Crippen molar-refractivity contribution in [3.63, 3.8) is 0 Å². The Morgan fingerprint density at radius 1 is 1.10 bits per heavy atom.